The predicted octanol–water partition coefficient (Wildman–Crippen LogP) is 5.10. The van der Waals surface area contributed by atoms with E-state index in [1.165, 1.54) is 19.2 Å². The molecule has 0 aliphatic heterocycles. The lowest BCUT2D eigenvalue weighted by Gasteiger charge is -2.27. The van der Waals surface area contributed by atoms with Crippen LogP contribution in [0.25, 0.3) is 0 Å². The minimum absolute atomic E-state index is 0.0850. The lowest BCUT2D eigenvalue weighted by molar-refractivity contribution is -0.120. The molecule has 1 N–H and O–H groups in total. The molecule has 0 aromatic heterocycles. The van der Waals surface area contributed by atoms with Gasteiger partial charge in [0.1, 0.15) is 12.3 Å². The molecule has 1 unspecified atom stereocenters. The molecule has 0 bridgehead atoms. The summed E-state index contributed by atoms with van der Waals surface area (Å²) in [6, 6.07) is 31.9. The summed E-state index contributed by atoms with van der Waals surface area (Å²) in [5, 5.41) is 3.04. The number of nitrogens with one attached hydrogen (secondary N) is 1. The van der Waals surface area contributed by atoms with Crippen LogP contribution in [0.1, 0.15) is 22.7 Å². The third kappa shape index (κ3) is 5.58. The van der Waals surface area contributed by atoms with Crippen LogP contribution >= 0.6 is 0 Å². The molecule has 6 nitrogen and oxygen atoms in total. The van der Waals surface area contributed by atoms with Gasteiger partial charge in [-0.05, 0) is 42.3 Å². The summed E-state index contributed by atoms with van der Waals surface area (Å²) in [7, 11) is -2.59. The van der Waals surface area contributed by atoms with E-state index in [-0.39, 0.29) is 10.6 Å². The number of benzene rings is 4. The van der Waals surface area contributed by atoms with Gasteiger partial charge in [0.15, 0.2) is 0 Å². The van der Waals surface area contributed by atoms with Gasteiger partial charge in [0, 0.05) is 0 Å². The largest absolute Gasteiger partial charge is 0.495 e. The lowest BCUT2D eigenvalue weighted by atomic mass is 9.98. The van der Waals surface area contributed by atoms with Gasteiger partial charge in [-0.3, -0.25) is 9.10 Å². The van der Waals surface area contributed by atoms with E-state index in [0.29, 0.717) is 5.75 Å². The highest BCUT2D eigenvalue weighted by atomic mass is 32.2. The Bertz CT molecular complexity index is 1410. The van der Waals surface area contributed by atoms with Crippen LogP contribution in [-0.4, -0.2) is 28.0 Å². The van der Waals surface area contributed by atoms with E-state index in [2.05, 4.69) is 5.32 Å². The number of carbonyl (C=O) groups excluding carboxylic acids is 1. The molecule has 4 aromatic carbocycles. The average Bonchev–Trinajstić information content (AvgIpc) is 2.92. The zero-order valence-electron chi connectivity index (χ0n) is 20.2. The van der Waals surface area contributed by atoms with Crippen molar-refractivity contribution in [2.45, 2.75) is 17.9 Å². The quantitative estimate of drug-likeness (QED) is 0.347. The van der Waals surface area contributed by atoms with Crippen LogP contribution < -0.4 is 14.4 Å². The van der Waals surface area contributed by atoms with Crippen LogP contribution in [0, 0.1) is 6.92 Å². The van der Waals surface area contributed by atoms with Gasteiger partial charge in [-0.15, -0.1) is 0 Å². The highest BCUT2D eigenvalue weighted by molar-refractivity contribution is 7.92. The standard InChI is InChI=1S/C29H28N2O4S/c1-22-17-19-24(20-18-22)29(23-11-5-3-6-12-23)30-28(32)21-31(26-15-9-10-16-27(26)35-2)36(33,34)25-13-7-4-8-14-25/h3-20,29H,21H2,1-2H3,(H,30,32). The number of para-hydroxylation sites is 2. The van der Waals surface area contributed by atoms with Crippen molar-refractivity contribution >= 4 is 21.6 Å². The molecule has 1 atom stereocenters. The van der Waals surface area contributed by atoms with Crippen LogP contribution in [-0.2, 0) is 14.8 Å². The molecule has 4 aromatic rings. The molecule has 1 amide bonds. The Hall–Kier alpha value is -4.10. The number of hydrogen-bond acceptors (Lipinski definition) is 4. The zero-order chi connectivity index (χ0) is 25.5. The summed E-state index contributed by atoms with van der Waals surface area (Å²) in [6.07, 6.45) is 0. The van der Waals surface area contributed by atoms with Crippen molar-refractivity contribution in [1.29, 1.82) is 0 Å². The predicted molar refractivity (Wildman–Crippen MR) is 142 cm³/mol. The van der Waals surface area contributed by atoms with Crippen molar-refractivity contribution in [3.63, 3.8) is 0 Å². The molecular weight excluding hydrogens is 472 g/mol. The van der Waals surface area contributed by atoms with Gasteiger partial charge in [0.25, 0.3) is 10.0 Å². The number of carbonyl (C=O) groups is 1. The summed E-state index contributed by atoms with van der Waals surface area (Å²) in [6.45, 7) is 1.58. The van der Waals surface area contributed by atoms with E-state index in [1.54, 1.807) is 42.5 Å². The van der Waals surface area contributed by atoms with Gasteiger partial charge in [0.2, 0.25) is 5.91 Å². The maximum atomic E-state index is 13.7. The number of methoxy groups -OCH3 is 1. The molecule has 0 aliphatic carbocycles. The van der Waals surface area contributed by atoms with E-state index in [4.69, 9.17) is 4.74 Å². The number of anilines is 1. The van der Waals surface area contributed by atoms with Crippen molar-refractivity contribution in [3.8, 4) is 5.75 Å². The van der Waals surface area contributed by atoms with Gasteiger partial charge in [-0.25, -0.2) is 8.42 Å². The normalized spacial score (nSPS) is 11.9. The fourth-order valence-electron chi connectivity index (χ4n) is 3.96. The molecule has 7 heteroatoms. The number of amides is 1. The molecule has 36 heavy (non-hydrogen) atoms. The van der Waals surface area contributed by atoms with Gasteiger partial charge < -0.3 is 10.1 Å². The van der Waals surface area contributed by atoms with Crippen LogP contribution in [0.4, 0.5) is 5.69 Å². The SMILES string of the molecule is COc1ccccc1N(CC(=O)NC(c1ccccc1)c1ccc(C)cc1)S(=O)(=O)c1ccccc1. The number of aryl methyl sites for hydroxylation is 1. The number of hydrogen-bond donors (Lipinski definition) is 1. The molecule has 0 aliphatic rings. The van der Waals surface area contributed by atoms with Gasteiger partial charge in [-0.1, -0.05) is 90.5 Å². The third-order valence-corrected chi connectivity index (χ3v) is 7.60. The van der Waals surface area contributed by atoms with E-state index in [1.807, 2.05) is 61.5 Å². The molecule has 0 fully saturated rings. The summed E-state index contributed by atoms with van der Waals surface area (Å²) >= 11 is 0. The van der Waals surface area contributed by atoms with Gasteiger partial charge in [-0.2, -0.15) is 0 Å². The summed E-state index contributed by atoms with van der Waals surface area (Å²) < 4.78 is 33.9. The van der Waals surface area contributed by atoms with Crippen LogP contribution in [0.5, 0.6) is 5.75 Å². The Morgan fingerprint density at radius 3 is 2.00 bits per heavy atom. The molecular formula is C29H28N2O4S. The first-order chi connectivity index (χ1) is 17.4. The number of rotatable bonds is 9. The topological polar surface area (TPSA) is 75.7 Å². The second kappa shape index (κ2) is 11.1. The number of ether oxygens (including phenoxy) is 1. The smallest absolute Gasteiger partial charge is 0.264 e. The Kier molecular flexibility index (Phi) is 7.71. The van der Waals surface area contributed by atoms with E-state index in [9.17, 15) is 13.2 Å². The molecule has 0 saturated heterocycles. The summed E-state index contributed by atoms with van der Waals surface area (Å²) in [4.78, 5) is 13.6. The minimum Gasteiger partial charge on any atom is -0.495 e. The van der Waals surface area contributed by atoms with Crippen LogP contribution in [0.3, 0.4) is 0 Å². The van der Waals surface area contributed by atoms with E-state index < -0.39 is 28.5 Å². The Morgan fingerprint density at radius 1 is 0.806 bits per heavy atom. The van der Waals surface area contributed by atoms with E-state index in [0.717, 1.165) is 21.0 Å². The van der Waals surface area contributed by atoms with Gasteiger partial charge >= 0.3 is 0 Å². The average molecular weight is 501 g/mol. The molecule has 0 spiro atoms. The molecule has 0 saturated carbocycles. The second-order valence-electron chi connectivity index (χ2n) is 8.32. The van der Waals surface area contributed by atoms with Crippen molar-refractivity contribution in [2.24, 2.45) is 0 Å². The molecule has 0 heterocycles. The maximum Gasteiger partial charge on any atom is 0.264 e. The zero-order valence-corrected chi connectivity index (χ0v) is 21.0. The van der Waals surface area contributed by atoms with Crippen LogP contribution in [0.15, 0.2) is 114 Å². The first kappa shape index (κ1) is 25.0. The highest BCUT2D eigenvalue weighted by Crippen LogP contribution is 2.32. The maximum absolute atomic E-state index is 13.7. The van der Waals surface area contributed by atoms with Crippen molar-refractivity contribution in [2.75, 3.05) is 18.0 Å². The first-order valence-corrected chi connectivity index (χ1v) is 13.0. The Labute approximate surface area is 212 Å². The summed E-state index contributed by atoms with van der Waals surface area (Å²) in [5.41, 5.74) is 3.18. The van der Waals surface area contributed by atoms with Crippen molar-refractivity contribution in [1.82, 2.24) is 5.32 Å². The fourth-order valence-corrected chi connectivity index (χ4v) is 5.41. The first-order valence-electron chi connectivity index (χ1n) is 11.5. The Balaban J connectivity index is 1.71. The minimum atomic E-state index is -4.06. The van der Waals surface area contributed by atoms with Gasteiger partial charge in [0.05, 0.1) is 23.7 Å². The monoisotopic (exact) mass is 500 g/mol. The van der Waals surface area contributed by atoms with Crippen molar-refractivity contribution < 1.29 is 17.9 Å². The van der Waals surface area contributed by atoms with Crippen LogP contribution in [0.2, 0.25) is 0 Å². The number of nitrogens with zero attached hydrogens (tertiary/aromatic N) is 1. The Morgan fingerprint density at radius 2 is 1.36 bits per heavy atom. The van der Waals surface area contributed by atoms with E-state index >= 15 is 0 Å². The van der Waals surface area contributed by atoms with Crippen molar-refractivity contribution in [3.05, 3.63) is 126 Å². The molecule has 184 valence electrons. The lowest BCUT2D eigenvalue weighted by Crippen LogP contribution is -2.42. The molecule has 0 radical (unpaired) electrons. The number of sulfonamides is 1. The second-order valence-corrected chi connectivity index (χ2v) is 10.2. The fraction of sp³-hybridized carbons (Fsp3) is 0.138. The molecule has 4 rings (SSSR count). The third-order valence-electron chi connectivity index (χ3n) is 5.82. The summed E-state index contributed by atoms with van der Waals surface area (Å²) in [5.74, 6) is -0.0993. The highest BCUT2D eigenvalue weighted by Gasteiger charge is 2.30.